The average molecular weight is 199 g/mol. The van der Waals surface area contributed by atoms with Gasteiger partial charge in [0.2, 0.25) is 0 Å². The smallest absolute Gasteiger partial charge is 0.109 e. The highest BCUT2D eigenvalue weighted by Crippen LogP contribution is 2.03. The quantitative estimate of drug-likeness (QED) is 0.699. The van der Waals surface area contributed by atoms with Crippen molar-refractivity contribution in [1.82, 2.24) is 9.55 Å². The molecule has 4 heteroatoms. The molecule has 1 heterocycles. The molecule has 0 fully saturated rings. The van der Waals surface area contributed by atoms with Crippen LogP contribution < -0.4 is 5.73 Å². The summed E-state index contributed by atoms with van der Waals surface area (Å²) in [5.41, 5.74) is 5.48. The van der Waals surface area contributed by atoms with Crippen LogP contribution in [0.15, 0.2) is 12.4 Å². The topological polar surface area (TPSA) is 43.8 Å². The highest BCUT2D eigenvalue weighted by atomic mass is 32.2. The highest BCUT2D eigenvalue weighted by molar-refractivity contribution is 7.99. The number of hydrogen-bond donors (Lipinski definition) is 1. The SMILES string of the molecule is CCSCCn1ccnc1CCN. The van der Waals surface area contributed by atoms with Gasteiger partial charge in [-0.2, -0.15) is 11.8 Å². The van der Waals surface area contributed by atoms with Crippen LogP contribution in [0.4, 0.5) is 0 Å². The van der Waals surface area contributed by atoms with Gasteiger partial charge in [0, 0.05) is 31.1 Å². The first-order valence-corrected chi connectivity index (χ1v) is 5.81. The summed E-state index contributed by atoms with van der Waals surface area (Å²) in [6.45, 7) is 3.91. The summed E-state index contributed by atoms with van der Waals surface area (Å²) in [5.74, 6) is 3.45. The molecule has 0 amide bonds. The molecular weight excluding hydrogens is 182 g/mol. The van der Waals surface area contributed by atoms with Gasteiger partial charge in [0.1, 0.15) is 5.82 Å². The number of rotatable bonds is 6. The van der Waals surface area contributed by atoms with Crippen LogP contribution in [0.5, 0.6) is 0 Å². The molecule has 0 saturated carbocycles. The molecule has 0 spiro atoms. The van der Waals surface area contributed by atoms with E-state index in [1.807, 2.05) is 24.2 Å². The maximum Gasteiger partial charge on any atom is 0.109 e. The molecule has 1 rings (SSSR count). The summed E-state index contributed by atoms with van der Waals surface area (Å²) < 4.78 is 2.19. The predicted octanol–water partition coefficient (Wildman–Crippen LogP) is 1.14. The first-order chi connectivity index (χ1) is 6.38. The van der Waals surface area contributed by atoms with Gasteiger partial charge >= 0.3 is 0 Å². The summed E-state index contributed by atoms with van der Waals surface area (Å²) in [6, 6.07) is 0. The minimum Gasteiger partial charge on any atom is -0.334 e. The van der Waals surface area contributed by atoms with Gasteiger partial charge in [-0.3, -0.25) is 0 Å². The Labute approximate surface area is 83.7 Å². The molecule has 1 aromatic heterocycles. The molecule has 0 atom stereocenters. The summed E-state index contributed by atoms with van der Waals surface area (Å²) in [4.78, 5) is 4.26. The van der Waals surface area contributed by atoms with E-state index in [-0.39, 0.29) is 0 Å². The number of hydrogen-bond acceptors (Lipinski definition) is 3. The van der Waals surface area contributed by atoms with Crippen LogP contribution in [0.1, 0.15) is 12.7 Å². The van der Waals surface area contributed by atoms with Gasteiger partial charge in [-0.15, -0.1) is 0 Å². The predicted molar refractivity (Wildman–Crippen MR) is 58.0 cm³/mol. The molecular formula is C9H17N3S. The number of aryl methyl sites for hydroxylation is 1. The third kappa shape index (κ3) is 3.40. The van der Waals surface area contributed by atoms with E-state index in [1.54, 1.807) is 0 Å². The standard InChI is InChI=1S/C9H17N3S/c1-2-13-8-7-12-6-5-11-9(12)3-4-10/h5-6H,2-4,7-8,10H2,1H3. The van der Waals surface area contributed by atoms with Crippen LogP contribution in [-0.4, -0.2) is 27.6 Å². The van der Waals surface area contributed by atoms with Gasteiger partial charge in [-0.25, -0.2) is 4.98 Å². The molecule has 74 valence electrons. The summed E-state index contributed by atoms with van der Waals surface area (Å²) in [5, 5.41) is 0. The van der Waals surface area contributed by atoms with Crippen molar-refractivity contribution in [3.05, 3.63) is 18.2 Å². The molecule has 3 nitrogen and oxygen atoms in total. The number of imidazole rings is 1. The maximum atomic E-state index is 5.48. The lowest BCUT2D eigenvalue weighted by Crippen LogP contribution is -2.10. The Morgan fingerprint density at radius 3 is 3.15 bits per heavy atom. The molecule has 2 N–H and O–H groups in total. The van der Waals surface area contributed by atoms with E-state index in [9.17, 15) is 0 Å². The van der Waals surface area contributed by atoms with Crippen LogP contribution in [0.3, 0.4) is 0 Å². The van der Waals surface area contributed by atoms with E-state index in [4.69, 9.17) is 5.73 Å². The second-order valence-electron chi connectivity index (χ2n) is 2.77. The van der Waals surface area contributed by atoms with Crippen LogP contribution >= 0.6 is 11.8 Å². The zero-order valence-electron chi connectivity index (χ0n) is 8.07. The van der Waals surface area contributed by atoms with Crippen molar-refractivity contribution >= 4 is 11.8 Å². The van der Waals surface area contributed by atoms with Gasteiger partial charge in [0.05, 0.1) is 0 Å². The molecule has 0 bridgehead atoms. The fourth-order valence-corrected chi connectivity index (χ4v) is 1.82. The third-order valence-corrected chi connectivity index (χ3v) is 2.73. The Balaban J connectivity index is 2.40. The van der Waals surface area contributed by atoms with Gasteiger partial charge in [-0.05, 0) is 12.3 Å². The molecule has 1 aromatic rings. The van der Waals surface area contributed by atoms with E-state index in [0.29, 0.717) is 6.54 Å². The van der Waals surface area contributed by atoms with Gasteiger partial charge < -0.3 is 10.3 Å². The maximum absolute atomic E-state index is 5.48. The first kappa shape index (κ1) is 10.6. The fourth-order valence-electron chi connectivity index (χ4n) is 1.21. The summed E-state index contributed by atoms with van der Waals surface area (Å²) >= 11 is 1.95. The first-order valence-electron chi connectivity index (χ1n) is 4.66. The van der Waals surface area contributed by atoms with Crippen molar-refractivity contribution in [2.75, 3.05) is 18.1 Å². The number of thioether (sulfide) groups is 1. The zero-order chi connectivity index (χ0) is 9.52. The molecule has 0 radical (unpaired) electrons. The van der Waals surface area contributed by atoms with Crippen LogP contribution in [0.25, 0.3) is 0 Å². The molecule has 0 aliphatic rings. The molecule has 13 heavy (non-hydrogen) atoms. The Kier molecular flexibility index (Phi) is 4.93. The number of aromatic nitrogens is 2. The molecule has 0 unspecified atom stereocenters. The van der Waals surface area contributed by atoms with Crippen molar-refractivity contribution in [3.8, 4) is 0 Å². The minimum absolute atomic E-state index is 0.679. The Morgan fingerprint density at radius 2 is 2.46 bits per heavy atom. The molecule has 0 aromatic carbocycles. The fraction of sp³-hybridized carbons (Fsp3) is 0.667. The van der Waals surface area contributed by atoms with Gasteiger partial charge in [0.15, 0.2) is 0 Å². The number of nitrogens with two attached hydrogens (primary N) is 1. The van der Waals surface area contributed by atoms with Crippen LogP contribution in [0.2, 0.25) is 0 Å². The lowest BCUT2D eigenvalue weighted by molar-refractivity contribution is 0.699. The van der Waals surface area contributed by atoms with E-state index in [0.717, 1.165) is 24.5 Å². The average Bonchev–Trinajstić information content (AvgIpc) is 2.54. The van der Waals surface area contributed by atoms with E-state index < -0.39 is 0 Å². The lowest BCUT2D eigenvalue weighted by atomic mass is 10.4. The van der Waals surface area contributed by atoms with Crippen molar-refractivity contribution in [1.29, 1.82) is 0 Å². The Hall–Kier alpha value is -0.480. The van der Waals surface area contributed by atoms with Crippen molar-refractivity contribution < 1.29 is 0 Å². The third-order valence-electron chi connectivity index (χ3n) is 1.85. The van der Waals surface area contributed by atoms with Crippen molar-refractivity contribution in [2.45, 2.75) is 19.9 Å². The molecule has 0 aliphatic heterocycles. The molecule has 0 aliphatic carbocycles. The van der Waals surface area contributed by atoms with E-state index >= 15 is 0 Å². The van der Waals surface area contributed by atoms with Crippen molar-refractivity contribution in [3.63, 3.8) is 0 Å². The Morgan fingerprint density at radius 1 is 1.62 bits per heavy atom. The van der Waals surface area contributed by atoms with Gasteiger partial charge in [0.25, 0.3) is 0 Å². The number of nitrogens with zero attached hydrogens (tertiary/aromatic N) is 2. The van der Waals surface area contributed by atoms with Crippen LogP contribution in [-0.2, 0) is 13.0 Å². The lowest BCUT2D eigenvalue weighted by Gasteiger charge is -2.05. The van der Waals surface area contributed by atoms with E-state index in [1.165, 1.54) is 5.75 Å². The second kappa shape index (κ2) is 6.05. The van der Waals surface area contributed by atoms with E-state index in [2.05, 4.69) is 16.5 Å². The summed E-state index contributed by atoms with van der Waals surface area (Å²) in [6.07, 6.45) is 4.76. The van der Waals surface area contributed by atoms with Gasteiger partial charge in [-0.1, -0.05) is 6.92 Å². The molecule has 0 saturated heterocycles. The summed E-state index contributed by atoms with van der Waals surface area (Å²) in [7, 11) is 0. The highest BCUT2D eigenvalue weighted by Gasteiger charge is 2.00. The Bertz CT molecular complexity index is 235. The van der Waals surface area contributed by atoms with Crippen molar-refractivity contribution in [2.24, 2.45) is 5.73 Å². The normalized spacial score (nSPS) is 10.6. The minimum atomic E-state index is 0.679. The second-order valence-corrected chi connectivity index (χ2v) is 4.17. The monoisotopic (exact) mass is 199 g/mol. The zero-order valence-corrected chi connectivity index (χ0v) is 8.89. The van der Waals surface area contributed by atoms with Crippen LogP contribution in [0, 0.1) is 0 Å². The largest absolute Gasteiger partial charge is 0.334 e.